The molecule has 1 aromatic rings. The number of carbonyl (C=O) groups excluding carboxylic acids is 1. The lowest BCUT2D eigenvalue weighted by atomic mass is 10.1. The van der Waals surface area contributed by atoms with Crippen LogP contribution in [-0.2, 0) is 0 Å². The number of rotatable bonds is 1. The molecule has 0 aromatic heterocycles. The summed E-state index contributed by atoms with van der Waals surface area (Å²) in [6, 6.07) is 4.14. The van der Waals surface area contributed by atoms with Gasteiger partial charge < -0.3 is 5.73 Å². The van der Waals surface area contributed by atoms with Crippen LogP contribution in [0.1, 0.15) is 15.9 Å². The summed E-state index contributed by atoms with van der Waals surface area (Å²) < 4.78 is 13.4. The van der Waals surface area contributed by atoms with Crippen LogP contribution in [0.5, 0.6) is 0 Å². The van der Waals surface area contributed by atoms with Crippen LogP contribution < -0.4 is 5.73 Å². The van der Waals surface area contributed by atoms with Gasteiger partial charge in [-0.15, -0.1) is 0 Å². The molecule has 0 saturated heterocycles. The molecule has 66 valence electrons. The summed E-state index contributed by atoms with van der Waals surface area (Å²) in [5.41, 5.74) is 4.65. The maximum Gasteiger partial charge on any atom is 0.251 e. The van der Waals surface area contributed by atoms with E-state index < -0.39 is 11.7 Å². The second-order valence-electron chi connectivity index (χ2n) is 2.26. The molecule has 5 heteroatoms. The normalized spacial score (nSPS) is 9.31. The smallest absolute Gasteiger partial charge is 0.251 e. The molecule has 0 bridgehead atoms. The second-order valence-corrected chi connectivity index (χ2v) is 3.42. The third-order valence-corrected chi connectivity index (χ3v) is 2.36. The van der Waals surface area contributed by atoms with E-state index in [-0.39, 0.29) is 11.1 Å². The van der Waals surface area contributed by atoms with Gasteiger partial charge in [0, 0.05) is 3.57 Å². The highest BCUT2D eigenvalue weighted by molar-refractivity contribution is 14.1. The molecule has 0 aliphatic heterocycles. The highest BCUT2D eigenvalue weighted by Crippen LogP contribution is 2.18. The van der Waals surface area contributed by atoms with Crippen molar-refractivity contribution in [2.75, 3.05) is 0 Å². The Morgan fingerprint density at radius 2 is 2.23 bits per heavy atom. The van der Waals surface area contributed by atoms with E-state index >= 15 is 0 Å². The molecule has 0 aliphatic rings. The van der Waals surface area contributed by atoms with Gasteiger partial charge in [0.15, 0.2) is 0 Å². The minimum atomic E-state index is -0.791. The molecule has 0 saturated carbocycles. The van der Waals surface area contributed by atoms with Crippen LogP contribution in [-0.4, -0.2) is 5.91 Å². The highest BCUT2D eigenvalue weighted by atomic mass is 127. The van der Waals surface area contributed by atoms with Crippen molar-refractivity contribution in [3.05, 3.63) is 32.6 Å². The Kier molecular flexibility index (Phi) is 2.83. The molecule has 1 rings (SSSR count). The molecular formula is C8H4FIN2O. The Hall–Kier alpha value is -1.16. The van der Waals surface area contributed by atoms with E-state index in [0.29, 0.717) is 3.57 Å². The maximum atomic E-state index is 13.0. The van der Waals surface area contributed by atoms with Gasteiger partial charge in [0.2, 0.25) is 0 Å². The quantitative estimate of drug-likeness (QED) is 0.794. The molecule has 1 amide bonds. The number of hydrogen-bond acceptors (Lipinski definition) is 2. The first kappa shape index (κ1) is 9.92. The number of nitriles is 1. The van der Waals surface area contributed by atoms with Gasteiger partial charge in [-0.3, -0.25) is 4.79 Å². The largest absolute Gasteiger partial charge is 0.366 e. The first-order valence-electron chi connectivity index (χ1n) is 3.26. The molecule has 0 aliphatic carbocycles. The average Bonchev–Trinajstić information content (AvgIpc) is 2.07. The lowest BCUT2D eigenvalue weighted by Gasteiger charge is -2.02. The summed E-state index contributed by atoms with van der Waals surface area (Å²) in [7, 11) is 0. The molecule has 1 aromatic carbocycles. The fraction of sp³-hybridized carbons (Fsp3) is 0. The monoisotopic (exact) mass is 290 g/mol. The van der Waals surface area contributed by atoms with Crippen molar-refractivity contribution in [1.29, 1.82) is 5.26 Å². The number of halogens is 2. The summed E-state index contributed by atoms with van der Waals surface area (Å²) in [5.74, 6) is -1.52. The maximum absolute atomic E-state index is 13.0. The van der Waals surface area contributed by atoms with Crippen LogP contribution in [0.15, 0.2) is 12.1 Å². The predicted molar refractivity (Wildman–Crippen MR) is 52.3 cm³/mol. The number of primary amides is 1. The van der Waals surface area contributed by atoms with Crippen molar-refractivity contribution in [3.63, 3.8) is 0 Å². The van der Waals surface area contributed by atoms with E-state index in [9.17, 15) is 9.18 Å². The third-order valence-electron chi connectivity index (χ3n) is 1.46. The van der Waals surface area contributed by atoms with Crippen LogP contribution in [0, 0.1) is 20.7 Å². The first-order chi connectivity index (χ1) is 6.07. The lowest BCUT2D eigenvalue weighted by Crippen LogP contribution is -2.15. The lowest BCUT2D eigenvalue weighted by molar-refractivity contribution is 0.0998. The Morgan fingerprint density at radius 3 is 2.62 bits per heavy atom. The highest BCUT2D eigenvalue weighted by Gasteiger charge is 2.15. The zero-order chi connectivity index (χ0) is 10.0. The van der Waals surface area contributed by atoms with Gasteiger partial charge in [0.05, 0.1) is 5.56 Å². The van der Waals surface area contributed by atoms with Crippen LogP contribution >= 0.6 is 22.6 Å². The van der Waals surface area contributed by atoms with E-state index in [1.807, 2.05) is 22.6 Å². The SMILES string of the molecule is N#Cc1c(F)ccc(I)c1C(N)=O. The van der Waals surface area contributed by atoms with Crippen molar-refractivity contribution < 1.29 is 9.18 Å². The number of nitrogens with zero attached hydrogens (tertiary/aromatic N) is 1. The first-order valence-corrected chi connectivity index (χ1v) is 4.33. The van der Waals surface area contributed by atoms with Crippen LogP contribution in [0.2, 0.25) is 0 Å². The van der Waals surface area contributed by atoms with Crippen molar-refractivity contribution in [2.24, 2.45) is 5.73 Å². The van der Waals surface area contributed by atoms with Gasteiger partial charge in [-0.2, -0.15) is 5.26 Å². The fourth-order valence-corrected chi connectivity index (χ4v) is 1.62. The van der Waals surface area contributed by atoms with E-state index in [1.165, 1.54) is 6.07 Å². The summed E-state index contributed by atoms with van der Waals surface area (Å²) in [5, 5.41) is 8.57. The molecule has 0 radical (unpaired) electrons. The minimum Gasteiger partial charge on any atom is -0.366 e. The number of benzene rings is 1. The van der Waals surface area contributed by atoms with Gasteiger partial charge >= 0.3 is 0 Å². The molecule has 2 N–H and O–H groups in total. The Bertz CT molecular complexity index is 411. The third kappa shape index (κ3) is 1.78. The van der Waals surface area contributed by atoms with Crippen molar-refractivity contribution in [1.82, 2.24) is 0 Å². The molecule has 0 unspecified atom stereocenters. The van der Waals surface area contributed by atoms with Crippen LogP contribution in [0.25, 0.3) is 0 Å². The van der Waals surface area contributed by atoms with E-state index in [4.69, 9.17) is 11.0 Å². The van der Waals surface area contributed by atoms with Crippen molar-refractivity contribution in [2.45, 2.75) is 0 Å². The summed E-state index contributed by atoms with van der Waals surface area (Å²) in [6.07, 6.45) is 0. The minimum absolute atomic E-state index is 0.0527. The van der Waals surface area contributed by atoms with E-state index in [2.05, 4.69) is 0 Å². The van der Waals surface area contributed by atoms with Crippen molar-refractivity contribution in [3.8, 4) is 6.07 Å². The van der Waals surface area contributed by atoms with Gasteiger partial charge in [-0.05, 0) is 34.7 Å². The van der Waals surface area contributed by atoms with E-state index in [1.54, 1.807) is 6.07 Å². The number of amides is 1. The Morgan fingerprint density at radius 1 is 1.62 bits per heavy atom. The van der Waals surface area contributed by atoms with E-state index in [0.717, 1.165) is 6.07 Å². The topological polar surface area (TPSA) is 66.9 Å². The molecule has 0 fully saturated rings. The standard InChI is InChI=1S/C8H4FIN2O/c9-5-1-2-6(10)7(8(12)13)4(5)3-11/h1-2H,(H2,12,13). The van der Waals surface area contributed by atoms with Crippen LogP contribution in [0.3, 0.4) is 0 Å². The zero-order valence-corrected chi connectivity index (χ0v) is 8.50. The summed E-state index contributed by atoms with van der Waals surface area (Å²) >= 11 is 1.82. The molecule has 3 nitrogen and oxygen atoms in total. The average molecular weight is 290 g/mol. The molecule has 0 spiro atoms. The van der Waals surface area contributed by atoms with Crippen LogP contribution in [0.4, 0.5) is 4.39 Å². The molecule has 0 atom stereocenters. The van der Waals surface area contributed by atoms with Gasteiger partial charge in [-0.1, -0.05) is 0 Å². The summed E-state index contributed by atoms with van der Waals surface area (Å²) in [6.45, 7) is 0. The van der Waals surface area contributed by atoms with Gasteiger partial charge in [0.1, 0.15) is 17.4 Å². The van der Waals surface area contributed by atoms with Gasteiger partial charge in [-0.25, -0.2) is 4.39 Å². The summed E-state index contributed by atoms with van der Waals surface area (Å²) in [4.78, 5) is 10.9. The Labute approximate surface area is 87.5 Å². The molecule has 13 heavy (non-hydrogen) atoms. The van der Waals surface area contributed by atoms with Gasteiger partial charge in [0.25, 0.3) is 5.91 Å². The number of nitrogens with two attached hydrogens (primary N) is 1. The Balaban J connectivity index is 3.55. The number of carbonyl (C=O) groups is 1. The van der Waals surface area contributed by atoms with Crippen molar-refractivity contribution >= 4 is 28.5 Å². The number of hydrogen-bond donors (Lipinski definition) is 1. The zero-order valence-electron chi connectivity index (χ0n) is 6.34. The fourth-order valence-electron chi connectivity index (χ4n) is 0.902. The molecule has 0 heterocycles. The second kappa shape index (κ2) is 3.70. The predicted octanol–water partition coefficient (Wildman–Crippen LogP) is 1.40. The molecular weight excluding hydrogens is 286 g/mol.